The predicted octanol–water partition coefficient (Wildman–Crippen LogP) is 5.89. The summed E-state index contributed by atoms with van der Waals surface area (Å²) in [5, 5.41) is 1.74. The number of hydrogen-bond donors (Lipinski definition) is 0. The number of benzene rings is 1. The molecule has 2 rings (SSSR count). The van der Waals surface area contributed by atoms with Crippen LogP contribution in [-0.4, -0.2) is 12.0 Å². The second kappa shape index (κ2) is 6.40. The van der Waals surface area contributed by atoms with Crippen molar-refractivity contribution in [1.29, 1.82) is 0 Å². The van der Waals surface area contributed by atoms with E-state index in [4.69, 9.17) is 46.4 Å². The lowest BCUT2D eigenvalue weighted by Crippen LogP contribution is -2.23. The van der Waals surface area contributed by atoms with Crippen molar-refractivity contribution in [2.45, 2.75) is 13.0 Å². The minimum absolute atomic E-state index is 0.0644. The predicted molar refractivity (Wildman–Crippen MR) is 87.5 cm³/mol. The fourth-order valence-corrected chi connectivity index (χ4v) is 2.58. The fourth-order valence-electron chi connectivity index (χ4n) is 1.83. The highest BCUT2D eigenvalue weighted by Crippen LogP contribution is 2.34. The number of rotatable bonds is 3. The van der Waals surface area contributed by atoms with Crippen LogP contribution in [0, 0.1) is 0 Å². The molecule has 0 amide bonds. The first kappa shape index (κ1) is 15.7. The normalized spacial score (nSPS) is 12.3. The molecule has 6 heteroatoms. The van der Waals surface area contributed by atoms with Gasteiger partial charge >= 0.3 is 0 Å². The van der Waals surface area contributed by atoms with E-state index in [0.717, 1.165) is 5.56 Å². The molecule has 0 aliphatic heterocycles. The minimum Gasteiger partial charge on any atom is -0.352 e. The van der Waals surface area contributed by atoms with Crippen LogP contribution in [0.4, 0.5) is 5.82 Å². The molecule has 0 radical (unpaired) electrons. The molecule has 0 saturated heterocycles. The number of aromatic nitrogens is 1. The average Bonchev–Trinajstić information content (AvgIpc) is 2.42. The summed E-state index contributed by atoms with van der Waals surface area (Å²) in [6.07, 6.45) is 0. The van der Waals surface area contributed by atoms with Gasteiger partial charge in [0.05, 0.1) is 16.1 Å². The van der Waals surface area contributed by atoms with Gasteiger partial charge in [0.2, 0.25) is 0 Å². The van der Waals surface area contributed by atoms with Gasteiger partial charge in [0.1, 0.15) is 11.0 Å². The monoisotopic (exact) mass is 348 g/mol. The highest BCUT2D eigenvalue weighted by atomic mass is 35.5. The minimum atomic E-state index is 0.0644. The molecule has 1 aromatic heterocycles. The molecular weight excluding hydrogens is 338 g/mol. The Bertz CT molecular complexity index is 613. The van der Waals surface area contributed by atoms with E-state index in [1.165, 1.54) is 0 Å². The summed E-state index contributed by atoms with van der Waals surface area (Å²) < 4.78 is 0. The standard InChI is InChI=1S/C14H12Cl4N2/c1-8(9-3-5-10(15)6-4-9)20(2)14-12(17)7-11(16)13(18)19-14/h3-8H,1-2H3. The second-order valence-electron chi connectivity index (χ2n) is 4.40. The van der Waals surface area contributed by atoms with Crippen LogP contribution in [0.15, 0.2) is 30.3 Å². The molecule has 1 heterocycles. The average molecular weight is 350 g/mol. The molecule has 0 aliphatic carbocycles. The quantitative estimate of drug-likeness (QED) is 0.642. The Labute approximate surface area is 138 Å². The lowest BCUT2D eigenvalue weighted by molar-refractivity contribution is 0.729. The van der Waals surface area contributed by atoms with Crippen molar-refractivity contribution in [3.8, 4) is 0 Å². The van der Waals surface area contributed by atoms with Crippen LogP contribution in [0.5, 0.6) is 0 Å². The number of halogens is 4. The first-order valence-corrected chi connectivity index (χ1v) is 7.41. The van der Waals surface area contributed by atoms with Crippen LogP contribution in [0.25, 0.3) is 0 Å². The molecule has 0 saturated carbocycles. The topological polar surface area (TPSA) is 16.1 Å². The van der Waals surface area contributed by atoms with E-state index < -0.39 is 0 Å². The van der Waals surface area contributed by atoms with Gasteiger partial charge in [0, 0.05) is 12.1 Å². The lowest BCUT2D eigenvalue weighted by Gasteiger charge is -2.27. The van der Waals surface area contributed by atoms with Crippen LogP contribution < -0.4 is 4.90 Å². The van der Waals surface area contributed by atoms with E-state index in [1.54, 1.807) is 6.07 Å². The van der Waals surface area contributed by atoms with Gasteiger partial charge in [0.15, 0.2) is 0 Å². The van der Waals surface area contributed by atoms with Gasteiger partial charge in [-0.3, -0.25) is 0 Å². The number of hydrogen-bond acceptors (Lipinski definition) is 2. The van der Waals surface area contributed by atoms with Gasteiger partial charge in [-0.2, -0.15) is 0 Å². The maximum atomic E-state index is 6.18. The van der Waals surface area contributed by atoms with Gasteiger partial charge in [-0.05, 0) is 30.7 Å². The Hall–Kier alpha value is -0.670. The summed E-state index contributed by atoms with van der Waals surface area (Å²) in [7, 11) is 1.90. The summed E-state index contributed by atoms with van der Waals surface area (Å²) in [4.78, 5) is 6.18. The van der Waals surface area contributed by atoms with Gasteiger partial charge in [-0.25, -0.2) is 4.98 Å². The van der Waals surface area contributed by atoms with Gasteiger partial charge in [0.25, 0.3) is 0 Å². The van der Waals surface area contributed by atoms with Crippen molar-refractivity contribution in [1.82, 2.24) is 4.98 Å². The molecule has 0 spiro atoms. The van der Waals surface area contributed by atoms with Gasteiger partial charge < -0.3 is 4.90 Å². The van der Waals surface area contributed by atoms with Crippen LogP contribution in [0.2, 0.25) is 20.2 Å². The third-order valence-electron chi connectivity index (χ3n) is 3.14. The molecule has 1 aromatic carbocycles. The van der Waals surface area contributed by atoms with Crippen LogP contribution in [0.1, 0.15) is 18.5 Å². The van der Waals surface area contributed by atoms with Crippen LogP contribution >= 0.6 is 46.4 Å². The van der Waals surface area contributed by atoms with Crippen molar-refractivity contribution >= 4 is 52.2 Å². The van der Waals surface area contributed by atoms with E-state index >= 15 is 0 Å². The first-order chi connectivity index (χ1) is 9.40. The van der Waals surface area contributed by atoms with Crippen molar-refractivity contribution in [3.05, 3.63) is 56.1 Å². The molecule has 0 fully saturated rings. The summed E-state index contributed by atoms with van der Waals surface area (Å²) in [6.45, 7) is 2.05. The zero-order valence-electron chi connectivity index (χ0n) is 10.9. The van der Waals surface area contributed by atoms with Crippen molar-refractivity contribution in [3.63, 3.8) is 0 Å². The third kappa shape index (κ3) is 3.32. The van der Waals surface area contributed by atoms with E-state index in [1.807, 2.05) is 43.1 Å². The second-order valence-corrected chi connectivity index (χ2v) is 6.01. The van der Waals surface area contributed by atoms with E-state index in [9.17, 15) is 0 Å². The summed E-state index contributed by atoms with van der Waals surface area (Å²) >= 11 is 23.9. The Balaban J connectivity index is 2.33. The Kier molecular flexibility index (Phi) is 5.03. The zero-order valence-corrected chi connectivity index (χ0v) is 13.9. The Morgan fingerprint density at radius 2 is 1.60 bits per heavy atom. The van der Waals surface area contributed by atoms with Crippen molar-refractivity contribution in [2.75, 3.05) is 11.9 Å². The molecule has 0 aliphatic rings. The van der Waals surface area contributed by atoms with Crippen molar-refractivity contribution < 1.29 is 0 Å². The van der Waals surface area contributed by atoms with E-state index in [-0.39, 0.29) is 11.2 Å². The molecular formula is C14H12Cl4N2. The van der Waals surface area contributed by atoms with Crippen LogP contribution in [-0.2, 0) is 0 Å². The molecule has 2 nitrogen and oxygen atoms in total. The fraction of sp³-hybridized carbons (Fsp3) is 0.214. The highest BCUT2D eigenvalue weighted by molar-refractivity contribution is 6.42. The number of pyridine rings is 1. The van der Waals surface area contributed by atoms with Crippen molar-refractivity contribution in [2.24, 2.45) is 0 Å². The Morgan fingerprint density at radius 3 is 2.20 bits per heavy atom. The van der Waals surface area contributed by atoms with Gasteiger partial charge in [-0.15, -0.1) is 0 Å². The molecule has 0 bridgehead atoms. The largest absolute Gasteiger partial charge is 0.352 e. The van der Waals surface area contributed by atoms with E-state index in [0.29, 0.717) is 20.9 Å². The number of anilines is 1. The molecule has 0 N–H and O–H groups in total. The smallest absolute Gasteiger partial charge is 0.150 e. The maximum absolute atomic E-state index is 6.18. The summed E-state index contributed by atoms with van der Waals surface area (Å²) in [5.74, 6) is 0.587. The maximum Gasteiger partial charge on any atom is 0.150 e. The highest BCUT2D eigenvalue weighted by Gasteiger charge is 2.18. The first-order valence-electron chi connectivity index (χ1n) is 5.90. The number of nitrogens with zero attached hydrogens (tertiary/aromatic N) is 2. The van der Waals surface area contributed by atoms with E-state index in [2.05, 4.69) is 4.98 Å². The molecule has 2 aromatic rings. The molecule has 20 heavy (non-hydrogen) atoms. The Morgan fingerprint density at radius 1 is 1.00 bits per heavy atom. The lowest BCUT2D eigenvalue weighted by atomic mass is 10.1. The van der Waals surface area contributed by atoms with Crippen LogP contribution in [0.3, 0.4) is 0 Å². The third-order valence-corrected chi connectivity index (χ3v) is 4.34. The summed E-state index contributed by atoms with van der Waals surface area (Å²) in [5.41, 5.74) is 1.10. The molecule has 1 atom stereocenters. The summed E-state index contributed by atoms with van der Waals surface area (Å²) in [6, 6.07) is 9.30. The van der Waals surface area contributed by atoms with Gasteiger partial charge in [-0.1, -0.05) is 58.5 Å². The zero-order chi connectivity index (χ0) is 14.9. The SMILES string of the molecule is CC(c1ccc(Cl)cc1)N(C)c1nc(Cl)c(Cl)cc1Cl. The molecule has 1 unspecified atom stereocenters. The molecule has 106 valence electrons.